The zero-order valence-corrected chi connectivity index (χ0v) is 15.6. The fraction of sp³-hybridized carbons (Fsp3) is 0.211. The molecule has 9 nitrogen and oxygen atoms in total. The van der Waals surface area contributed by atoms with Crippen LogP contribution in [0.4, 0.5) is 11.4 Å². The van der Waals surface area contributed by atoms with E-state index >= 15 is 0 Å². The third-order valence-electron chi connectivity index (χ3n) is 4.10. The normalized spacial score (nSPS) is 10.7. The Labute approximate surface area is 160 Å². The minimum Gasteiger partial charge on any atom is -0.456 e. The van der Waals surface area contributed by atoms with E-state index < -0.39 is 10.9 Å². The number of fused-ring (bicyclic) bond motifs is 1. The molecule has 0 saturated carbocycles. The van der Waals surface area contributed by atoms with Crippen LogP contribution >= 0.6 is 0 Å². The summed E-state index contributed by atoms with van der Waals surface area (Å²) in [5, 5.41) is 11.0. The summed E-state index contributed by atoms with van der Waals surface area (Å²) in [7, 11) is 3.43. The highest BCUT2D eigenvalue weighted by Gasteiger charge is 2.19. The van der Waals surface area contributed by atoms with Crippen LogP contribution in [0.5, 0.6) is 0 Å². The number of non-ortho nitro benzene ring substituents is 1. The molecule has 144 valence electrons. The van der Waals surface area contributed by atoms with Gasteiger partial charge in [-0.3, -0.25) is 19.3 Å². The molecular weight excluding hydrogens is 364 g/mol. The number of nitrogens with zero attached hydrogens (tertiary/aromatic N) is 4. The number of carbonyl (C=O) groups excluding carboxylic acids is 1. The summed E-state index contributed by atoms with van der Waals surface area (Å²) in [5.74, 6) is -0.738. The number of carbonyl (C=O) groups is 1. The molecule has 0 saturated heterocycles. The van der Waals surface area contributed by atoms with Gasteiger partial charge in [0.25, 0.3) is 11.2 Å². The summed E-state index contributed by atoms with van der Waals surface area (Å²) in [4.78, 5) is 41.2. The highest BCUT2D eigenvalue weighted by atomic mass is 16.6. The molecule has 0 spiro atoms. The van der Waals surface area contributed by atoms with Gasteiger partial charge in [-0.05, 0) is 24.6 Å². The predicted octanol–water partition coefficient (Wildman–Crippen LogP) is 2.33. The smallest absolute Gasteiger partial charge is 0.340 e. The molecule has 0 unspecified atom stereocenters. The fourth-order valence-corrected chi connectivity index (χ4v) is 2.74. The Morgan fingerprint density at radius 1 is 1.25 bits per heavy atom. The van der Waals surface area contributed by atoms with Crippen molar-refractivity contribution < 1.29 is 14.5 Å². The molecule has 0 N–H and O–H groups in total. The van der Waals surface area contributed by atoms with Gasteiger partial charge in [0.2, 0.25) is 0 Å². The van der Waals surface area contributed by atoms with Crippen LogP contribution in [0.25, 0.3) is 5.65 Å². The molecule has 0 radical (unpaired) electrons. The van der Waals surface area contributed by atoms with Crippen LogP contribution in [-0.4, -0.2) is 34.4 Å². The number of esters is 1. The van der Waals surface area contributed by atoms with Crippen LogP contribution in [0.3, 0.4) is 0 Å². The topological polar surface area (TPSA) is 107 Å². The van der Waals surface area contributed by atoms with Crippen molar-refractivity contribution in [3.63, 3.8) is 0 Å². The molecule has 0 fully saturated rings. The number of aryl methyl sites for hydroxylation is 1. The first-order chi connectivity index (χ1) is 13.3. The molecule has 0 aliphatic rings. The maximum Gasteiger partial charge on any atom is 0.340 e. The largest absolute Gasteiger partial charge is 0.456 e. The molecule has 0 atom stereocenters. The summed E-state index contributed by atoms with van der Waals surface area (Å²) in [6.45, 7) is 1.64. The zero-order valence-electron chi connectivity index (χ0n) is 15.6. The fourth-order valence-electron chi connectivity index (χ4n) is 2.74. The van der Waals surface area contributed by atoms with Crippen LogP contribution < -0.4 is 10.5 Å². The first-order valence-corrected chi connectivity index (χ1v) is 8.38. The van der Waals surface area contributed by atoms with E-state index in [4.69, 9.17) is 4.74 Å². The van der Waals surface area contributed by atoms with E-state index in [1.807, 2.05) is 13.0 Å². The molecule has 0 aliphatic heterocycles. The summed E-state index contributed by atoms with van der Waals surface area (Å²) < 4.78 is 6.68. The SMILES string of the molecule is Cc1ccc2nc(COC(=O)c3cc([N+](=O)[O-])ccc3N(C)C)cc(=O)n2c1. The van der Waals surface area contributed by atoms with E-state index in [1.54, 1.807) is 31.3 Å². The van der Waals surface area contributed by atoms with Gasteiger partial charge in [-0.25, -0.2) is 9.78 Å². The van der Waals surface area contributed by atoms with Gasteiger partial charge in [-0.2, -0.15) is 0 Å². The number of pyridine rings is 1. The van der Waals surface area contributed by atoms with Crippen molar-refractivity contribution in [3.8, 4) is 0 Å². The maximum absolute atomic E-state index is 12.5. The molecular formula is C19H18N4O5. The Morgan fingerprint density at radius 2 is 2.00 bits per heavy atom. The maximum atomic E-state index is 12.5. The molecule has 0 bridgehead atoms. The van der Waals surface area contributed by atoms with E-state index in [0.717, 1.165) is 5.56 Å². The lowest BCUT2D eigenvalue weighted by atomic mass is 10.1. The van der Waals surface area contributed by atoms with Crippen LogP contribution in [-0.2, 0) is 11.3 Å². The van der Waals surface area contributed by atoms with Crippen molar-refractivity contribution in [2.45, 2.75) is 13.5 Å². The van der Waals surface area contributed by atoms with Gasteiger partial charge in [-0.1, -0.05) is 6.07 Å². The monoisotopic (exact) mass is 382 g/mol. The van der Waals surface area contributed by atoms with Gasteiger partial charge in [0.15, 0.2) is 0 Å². The van der Waals surface area contributed by atoms with Gasteiger partial charge in [0, 0.05) is 38.5 Å². The third-order valence-corrected chi connectivity index (χ3v) is 4.10. The summed E-state index contributed by atoms with van der Waals surface area (Å²) in [6.07, 6.45) is 1.67. The Balaban J connectivity index is 1.87. The average Bonchev–Trinajstić information content (AvgIpc) is 2.66. The lowest BCUT2D eigenvalue weighted by Crippen LogP contribution is -2.18. The van der Waals surface area contributed by atoms with E-state index in [-0.39, 0.29) is 23.4 Å². The number of ether oxygens (including phenoxy) is 1. The molecule has 1 aromatic carbocycles. The van der Waals surface area contributed by atoms with E-state index in [9.17, 15) is 19.7 Å². The summed E-state index contributed by atoms with van der Waals surface area (Å²) in [5.41, 5.74) is 1.69. The number of benzene rings is 1. The van der Waals surface area contributed by atoms with Crippen LogP contribution in [0.2, 0.25) is 0 Å². The van der Waals surface area contributed by atoms with Crippen molar-refractivity contribution in [3.05, 3.63) is 79.9 Å². The minimum absolute atomic E-state index is 0.0623. The minimum atomic E-state index is -0.738. The molecule has 3 rings (SSSR count). The Morgan fingerprint density at radius 3 is 2.68 bits per heavy atom. The molecule has 0 amide bonds. The van der Waals surface area contributed by atoms with Gasteiger partial charge < -0.3 is 9.64 Å². The lowest BCUT2D eigenvalue weighted by molar-refractivity contribution is -0.384. The van der Waals surface area contributed by atoms with Crippen LogP contribution in [0, 0.1) is 17.0 Å². The number of nitro benzene ring substituents is 1. The van der Waals surface area contributed by atoms with Crippen LogP contribution in [0.15, 0.2) is 47.4 Å². The molecule has 28 heavy (non-hydrogen) atoms. The van der Waals surface area contributed by atoms with E-state index in [1.165, 1.54) is 28.7 Å². The van der Waals surface area contributed by atoms with Gasteiger partial charge >= 0.3 is 5.97 Å². The molecule has 3 aromatic rings. The highest BCUT2D eigenvalue weighted by Crippen LogP contribution is 2.25. The molecule has 2 aromatic heterocycles. The predicted molar refractivity (Wildman–Crippen MR) is 103 cm³/mol. The molecule has 2 heterocycles. The number of anilines is 1. The standard InChI is InChI=1S/C19H18N4O5/c1-12-4-7-17-20-13(8-18(24)22(17)10-12)11-28-19(25)15-9-14(23(26)27)5-6-16(15)21(2)3/h4-10H,11H2,1-3H3. The van der Waals surface area contributed by atoms with Crippen molar-refractivity contribution >= 4 is 23.0 Å². The molecule has 0 aliphatic carbocycles. The van der Waals surface area contributed by atoms with E-state index in [0.29, 0.717) is 17.0 Å². The van der Waals surface area contributed by atoms with Crippen molar-refractivity contribution in [1.29, 1.82) is 0 Å². The van der Waals surface area contributed by atoms with Crippen LogP contribution in [0.1, 0.15) is 21.6 Å². The third kappa shape index (κ3) is 3.83. The number of hydrogen-bond donors (Lipinski definition) is 0. The number of hydrogen-bond acceptors (Lipinski definition) is 7. The second-order valence-electron chi connectivity index (χ2n) is 6.45. The lowest BCUT2D eigenvalue weighted by Gasteiger charge is -2.16. The second-order valence-corrected chi connectivity index (χ2v) is 6.45. The van der Waals surface area contributed by atoms with Gasteiger partial charge in [-0.15, -0.1) is 0 Å². The number of nitro groups is 1. The number of aromatic nitrogens is 2. The van der Waals surface area contributed by atoms with Crippen molar-refractivity contribution in [2.75, 3.05) is 19.0 Å². The Hall–Kier alpha value is -3.75. The average molecular weight is 382 g/mol. The number of rotatable bonds is 5. The van der Waals surface area contributed by atoms with Crippen molar-refractivity contribution in [1.82, 2.24) is 9.38 Å². The molecule has 9 heteroatoms. The Kier molecular flexibility index (Phi) is 5.08. The summed E-state index contributed by atoms with van der Waals surface area (Å²) in [6, 6.07) is 8.79. The quantitative estimate of drug-likeness (QED) is 0.379. The van der Waals surface area contributed by atoms with Gasteiger partial charge in [0.05, 0.1) is 21.9 Å². The zero-order chi connectivity index (χ0) is 20.4. The van der Waals surface area contributed by atoms with Gasteiger partial charge in [0.1, 0.15) is 12.3 Å². The highest BCUT2D eigenvalue weighted by molar-refractivity contribution is 5.96. The van der Waals surface area contributed by atoms with E-state index in [2.05, 4.69) is 4.98 Å². The second kappa shape index (κ2) is 7.47. The Bertz CT molecular complexity index is 1140. The first-order valence-electron chi connectivity index (χ1n) is 8.38. The first kappa shape index (κ1) is 19.0. The van der Waals surface area contributed by atoms with Crippen molar-refractivity contribution in [2.24, 2.45) is 0 Å². The summed E-state index contributed by atoms with van der Waals surface area (Å²) >= 11 is 0.